The number of halogens is 1. The zero-order chi connectivity index (χ0) is 15.1. The average molecular weight is 347 g/mol. The first kappa shape index (κ1) is 13.7. The highest BCUT2D eigenvalue weighted by Gasteiger charge is 2.11. The van der Waals surface area contributed by atoms with Crippen LogP contribution in [0.25, 0.3) is 22.3 Å². The van der Waals surface area contributed by atoms with Gasteiger partial charge in [-0.1, -0.05) is 28.1 Å². The number of hydrogen-bond acceptors (Lipinski definition) is 4. The Morgan fingerprint density at radius 2 is 1.67 bits per heavy atom. The zero-order valence-corrected chi connectivity index (χ0v) is 13.0. The van der Waals surface area contributed by atoms with Gasteiger partial charge in [-0.25, -0.2) is 4.79 Å². The SMILES string of the molecule is Cn1c(=O)c2cc(-c3ccc(Br)cc3)nnc2n(C)c1=O. The van der Waals surface area contributed by atoms with Crippen LogP contribution in [0.5, 0.6) is 0 Å². The van der Waals surface area contributed by atoms with E-state index in [0.29, 0.717) is 11.1 Å². The predicted octanol–water partition coefficient (Wildman–Crippen LogP) is 1.46. The van der Waals surface area contributed by atoms with Crippen LogP contribution in [0.3, 0.4) is 0 Å². The number of nitrogens with zero attached hydrogens (tertiary/aromatic N) is 4. The van der Waals surface area contributed by atoms with Crippen LogP contribution in [0, 0.1) is 0 Å². The molecule has 0 bridgehead atoms. The van der Waals surface area contributed by atoms with E-state index in [0.717, 1.165) is 14.6 Å². The molecule has 0 aliphatic carbocycles. The summed E-state index contributed by atoms with van der Waals surface area (Å²) in [6.07, 6.45) is 0. The van der Waals surface area contributed by atoms with Crippen LogP contribution in [0.1, 0.15) is 0 Å². The molecular formula is C14H11BrN4O2. The van der Waals surface area contributed by atoms with Crippen molar-refractivity contribution in [2.24, 2.45) is 14.1 Å². The van der Waals surface area contributed by atoms with E-state index >= 15 is 0 Å². The van der Waals surface area contributed by atoms with Crippen LogP contribution in [-0.2, 0) is 14.1 Å². The molecule has 3 rings (SSSR count). The highest BCUT2D eigenvalue weighted by atomic mass is 79.9. The number of benzene rings is 1. The molecule has 106 valence electrons. The number of aromatic nitrogens is 4. The van der Waals surface area contributed by atoms with Gasteiger partial charge < -0.3 is 0 Å². The van der Waals surface area contributed by atoms with Crippen molar-refractivity contribution in [3.63, 3.8) is 0 Å². The lowest BCUT2D eigenvalue weighted by Gasteiger charge is -2.07. The number of rotatable bonds is 1. The molecule has 0 fully saturated rings. The van der Waals surface area contributed by atoms with Gasteiger partial charge in [-0.3, -0.25) is 13.9 Å². The molecule has 0 saturated carbocycles. The molecule has 0 atom stereocenters. The van der Waals surface area contributed by atoms with Crippen molar-refractivity contribution in [1.82, 2.24) is 19.3 Å². The highest BCUT2D eigenvalue weighted by molar-refractivity contribution is 9.10. The quantitative estimate of drug-likeness (QED) is 0.668. The minimum Gasteiger partial charge on any atom is -0.279 e. The second kappa shape index (κ2) is 4.92. The molecule has 0 N–H and O–H groups in total. The topological polar surface area (TPSA) is 69.8 Å². The second-order valence-electron chi connectivity index (χ2n) is 4.68. The Bertz CT molecular complexity index is 958. The Balaban J connectivity index is 2.33. The summed E-state index contributed by atoms with van der Waals surface area (Å²) >= 11 is 3.37. The fourth-order valence-corrected chi connectivity index (χ4v) is 2.40. The smallest absolute Gasteiger partial charge is 0.279 e. The van der Waals surface area contributed by atoms with Gasteiger partial charge in [-0.05, 0) is 18.2 Å². The van der Waals surface area contributed by atoms with E-state index in [1.807, 2.05) is 24.3 Å². The van der Waals surface area contributed by atoms with Crippen LogP contribution in [0.15, 0.2) is 44.4 Å². The molecule has 0 unspecified atom stereocenters. The third-order valence-corrected chi connectivity index (χ3v) is 3.87. The third-order valence-electron chi connectivity index (χ3n) is 3.34. The van der Waals surface area contributed by atoms with Crippen molar-refractivity contribution in [3.8, 4) is 11.3 Å². The van der Waals surface area contributed by atoms with Gasteiger partial charge in [0, 0.05) is 24.1 Å². The first-order valence-corrected chi connectivity index (χ1v) is 6.98. The molecule has 0 aliphatic heterocycles. The van der Waals surface area contributed by atoms with Gasteiger partial charge in [-0.15, -0.1) is 10.2 Å². The summed E-state index contributed by atoms with van der Waals surface area (Å²) in [6.45, 7) is 0. The molecule has 0 radical (unpaired) electrons. The van der Waals surface area contributed by atoms with Crippen molar-refractivity contribution < 1.29 is 0 Å². The minimum atomic E-state index is -0.418. The van der Waals surface area contributed by atoms with Crippen LogP contribution >= 0.6 is 15.9 Å². The molecule has 6 nitrogen and oxygen atoms in total. The lowest BCUT2D eigenvalue weighted by atomic mass is 10.1. The Labute approximate surface area is 127 Å². The molecule has 21 heavy (non-hydrogen) atoms. The molecule has 7 heteroatoms. The van der Waals surface area contributed by atoms with E-state index in [-0.39, 0.29) is 11.2 Å². The predicted molar refractivity (Wildman–Crippen MR) is 83.2 cm³/mol. The lowest BCUT2D eigenvalue weighted by Crippen LogP contribution is -2.37. The van der Waals surface area contributed by atoms with Crippen molar-refractivity contribution in [3.05, 3.63) is 55.6 Å². The maximum Gasteiger partial charge on any atom is 0.332 e. The van der Waals surface area contributed by atoms with E-state index in [9.17, 15) is 9.59 Å². The second-order valence-corrected chi connectivity index (χ2v) is 5.60. The number of hydrogen-bond donors (Lipinski definition) is 0. The van der Waals surface area contributed by atoms with E-state index < -0.39 is 5.69 Å². The standard InChI is InChI=1S/C14H11BrN4O2/c1-18-12-10(13(20)19(2)14(18)21)7-11(16-17-12)8-3-5-9(15)6-4-8/h3-7H,1-2H3. The van der Waals surface area contributed by atoms with Gasteiger partial charge in [-0.2, -0.15) is 0 Å². The van der Waals surface area contributed by atoms with Crippen LogP contribution in [-0.4, -0.2) is 19.3 Å². The average Bonchev–Trinajstić information content (AvgIpc) is 2.51. The van der Waals surface area contributed by atoms with Crippen LogP contribution in [0.2, 0.25) is 0 Å². The van der Waals surface area contributed by atoms with E-state index in [4.69, 9.17) is 0 Å². The molecule has 0 saturated heterocycles. The monoisotopic (exact) mass is 346 g/mol. The van der Waals surface area contributed by atoms with Crippen LogP contribution < -0.4 is 11.2 Å². The summed E-state index contributed by atoms with van der Waals surface area (Å²) in [5.74, 6) is 0. The number of aryl methyl sites for hydroxylation is 1. The Hall–Kier alpha value is -2.28. The number of fused-ring (bicyclic) bond motifs is 1. The van der Waals surface area contributed by atoms with Crippen molar-refractivity contribution in [2.45, 2.75) is 0 Å². The van der Waals surface area contributed by atoms with Gasteiger partial charge in [0.1, 0.15) is 0 Å². The fourth-order valence-electron chi connectivity index (χ4n) is 2.14. The highest BCUT2D eigenvalue weighted by Crippen LogP contribution is 2.20. The van der Waals surface area contributed by atoms with Gasteiger partial charge in [0.25, 0.3) is 5.56 Å². The summed E-state index contributed by atoms with van der Waals surface area (Å²) < 4.78 is 3.34. The van der Waals surface area contributed by atoms with Gasteiger partial charge in [0.05, 0.1) is 11.1 Å². The molecule has 2 heterocycles. The molecular weight excluding hydrogens is 336 g/mol. The molecule has 0 spiro atoms. The first-order valence-electron chi connectivity index (χ1n) is 6.18. The summed E-state index contributed by atoms with van der Waals surface area (Å²) in [5.41, 5.74) is 0.928. The molecule has 1 aromatic carbocycles. The molecule has 0 amide bonds. The van der Waals surface area contributed by atoms with Gasteiger partial charge in [0.15, 0.2) is 5.65 Å². The van der Waals surface area contributed by atoms with Crippen molar-refractivity contribution in [2.75, 3.05) is 0 Å². The summed E-state index contributed by atoms with van der Waals surface area (Å²) in [4.78, 5) is 24.1. The van der Waals surface area contributed by atoms with Gasteiger partial charge in [0.2, 0.25) is 0 Å². The van der Waals surface area contributed by atoms with Crippen molar-refractivity contribution >= 4 is 27.0 Å². The zero-order valence-electron chi connectivity index (χ0n) is 11.4. The van der Waals surface area contributed by atoms with E-state index in [2.05, 4.69) is 26.1 Å². The largest absolute Gasteiger partial charge is 0.332 e. The maximum absolute atomic E-state index is 12.2. The summed E-state index contributed by atoms with van der Waals surface area (Å²) in [6, 6.07) is 9.20. The Morgan fingerprint density at radius 3 is 2.33 bits per heavy atom. The Morgan fingerprint density at radius 1 is 1.00 bits per heavy atom. The Kier molecular flexibility index (Phi) is 3.21. The normalized spacial score (nSPS) is 11.0. The van der Waals surface area contributed by atoms with Crippen molar-refractivity contribution in [1.29, 1.82) is 0 Å². The third kappa shape index (κ3) is 2.19. The van der Waals surface area contributed by atoms with E-state index in [1.54, 1.807) is 13.1 Å². The minimum absolute atomic E-state index is 0.281. The lowest BCUT2D eigenvalue weighted by molar-refractivity contribution is 0.703. The first-order chi connectivity index (χ1) is 9.99. The molecule has 2 aromatic heterocycles. The summed E-state index contributed by atoms with van der Waals surface area (Å²) in [5, 5.41) is 8.50. The molecule has 0 aliphatic rings. The maximum atomic E-state index is 12.2. The molecule has 3 aromatic rings. The van der Waals surface area contributed by atoms with E-state index in [1.165, 1.54) is 11.6 Å². The van der Waals surface area contributed by atoms with Crippen LogP contribution in [0.4, 0.5) is 0 Å². The summed E-state index contributed by atoms with van der Waals surface area (Å²) in [7, 11) is 3.02. The van der Waals surface area contributed by atoms with Gasteiger partial charge >= 0.3 is 5.69 Å². The fraction of sp³-hybridized carbons (Fsp3) is 0.143.